The Kier molecular flexibility index (Phi) is 3.10. The molecule has 0 fully saturated rings. The summed E-state index contributed by atoms with van der Waals surface area (Å²) in [7, 11) is 0. The molecular formula is C2N4O8. The topological polar surface area (TPSA) is 173 Å². The van der Waals surface area contributed by atoms with Gasteiger partial charge in [-0.3, -0.25) is 40.5 Å². The second-order valence-corrected chi connectivity index (χ2v) is 1.68. The Labute approximate surface area is 73.0 Å². The van der Waals surface area contributed by atoms with Crippen molar-refractivity contribution in [1.82, 2.24) is 0 Å². The van der Waals surface area contributed by atoms with Gasteiger partial charge in [0.05, 0.1) is 0 Å². The molecule has 0 aromatic carbocycles. The van der Waals surface area contributed by atoms with Crippen LogP contribution in [0.5, 0.6) is 0 Å². The number of hydrogen-bond donors (Lipinski definition) is 0. The SMILES string of the molecule is O=[N+]([O-])C(=C([N+](=O)[O-])[N+](=O)[O-])[N+](=O)[O-]. The highest BCUT2D eigenvalue weighted by Crippen LogP contribution is 2.07. The third-order valence-electron chi connectivity index (χ3n) is 0.892. The van der Waals surface area contributed by atoms with Crippen molar-refractivity contribution in [2.45, 2.75) is 0 Å². The number of rotatable bonds is 4. The van der Waals surface area contributed by atoms with Crippen molar-refractivity contribution < 1.29 is 19.7 Å². The lowest BCUT2D eigenvalue weighted by Gasteiger charge is -1.86. The third-order valence-corrected chi connectivity index (χ3v) is 0.892. The molecule has 0 amide bonds. The fourth-order valence-electron chi connectivity index (χ4n) is 0.460. The zero-order valence-electron chi connectivity index (χ0n) is 6.05. The summed E-state index contributed by atoms with van der Waals surface area (Å²) in [5.41, 5.74) is 0. The Morgan fingerprint density at radius 2 is 0.714 bits per heavy atom. The lowest BCUT2D eigenvalue weighted by molar-refractivity contribution is -0.682. The first-order valence-electron chi connectivity index (χ1n) is 2.61. The highest BCUT2D eigenvalue weighted by Gasteiger charge is 2.52. The minimum absolute atomic E-state index is 1.80. The van der Waals surface area contributed by atoms with Crippen LogP contribution in [0, 0.1) is 40.5 Å². The molecule has 0 bridgehead atoms. The summed E-state index contributed by atoms with van der Waals surface area (Å²) in [5.74, 6) is -4.56. The molecule has 12 nitrogen and oxygen atoms in total. The van der Waals surface area contributed by atoms with E-state index in [2.05, 4.69) is 0 Å². The maximum Gasteiger partial charge on any atom is 0.715 e. The van der Waals surface area contributed by atoms with Crippen LogP contribution in [0.15, 0.2) is 11.6 Å². The molecule has 12 heteroatoms. The number of nitrogens with zero attached hydrogens (tertiary/aromatic N) is 4. The van der Waals surface area contributed by atoms with Gasteiger partial charge in [0.25, 0.3) is 0 Å². The molecule has 0 aliphatic heterocycles. The van der Waals surface area contributed by atoms with Crippen LogP contribution in [0.2, 0.25) is 0 Å². The lowest BCUT2D eigenvalue weighted by atomic mass is 10.7. The highest BCUT2D eigenvalue weighted by atomic mass is 16.7. The average molecular weight is 208 g/mol. The molecule has 0 N–H and O–H groups in total. The van der Waals surface area contributed by atoms with E-state index < -0.39 is 31.3 Å². The Morgan fingerprint density at radius 1 is 0.571 bits per heavy atom. The molecule has 0 unspecified atom stereocenters. The highest BCUT2D eigenvalue weighted by molar-refractivity contribution is 4.80. The van der Waals surface area contributed by atoms with Crippen LogP contribution in [0.1, 0.15) is 0 Å². The van der Waals surface area contributed by atoms with Crippen LogP contribution in [0.25, 0.3) is 0 Å². The van der Waals surface area contributed by atoms with Crippen LogP contribution >= 0.6 is 0 Å². The van der Waals surface area contributed by atoms with E-state index in [1.807, 2.05) is 0 Å². The van der Waals surface area contributed by atoms with E-state index in [4.69, 9.17) is 0 Å². The van der Waals surface area contributed by atoms with Crippen molar-refractivity contribution in [3.8, 4) is 0 Å². The lowest BCUT2D eigenvalue weighted by Crippen LogP contribution is -2.21. The van der Waals surface area contributed by atoms with Crippen molar-refractivity contribution in [3.63, 3.8) is 0 Å². The Balaban J connectivity index is 5.76. The van der Waals surface area contributed by atoms with Gasteiger partial charge >= 0.3 is 11.6 Å². The van der Waals surface area contributed by atoms with Gasteiger partial charge in [0.2, 0.25) is 0 Å². The Morgan fingerprint density at radius 3 is 0.786 bits per heavy atom. The maximum absolute atomic E-state index is 9.89. The summed E-state index contributed by atoms with van der Waals surface area (Å²) in [6.45, 7) is 0. The first-order chi connectivity index (χ1) is 6.29. The quantitative estimate of drug-likeness (QED) is 0.426. The van der Waals surface area contributed by atoms with E-state index in [0.29, 0.717) is 0 Å². The fourth-order valence-corrected chi connectivity index (χ4v) is 0.460. The number of hydrogen-bond acceptors (Lipinski definition) is 8. The van der Waals surface area contributed by atoms with Crippen LogP contribution in [0.3, 0.4) is 0 Å². The molecule has 76 valence electrons. The first-order valence-corrected chi connectivity index (χ1v) is 2.61. The van der Waals surface area contributed by atoms with Crippen LogP contribution in [0.4, 0.5) is 0 Å². The van der Waals surface area contributed by atoms with Gasteiger partial charge < -0.3 is 0 Å². The molecule has 0 radical (unpaired) electrons. The van der Waals surface area contributed by atoms with Crippen molar-refractivity contribution in [3.05, 3.63) is 52.1 Å². The van der Waals surface area contributed by atoms with Gasteiger partial charge in [-0.1, -0.05) is 0 Å². The van der Waals surface area contributed by atoms with Gasteiger partial charge in [-0.25, -0.2) is 0 Å². The van der Waals surface area contributed by atoms with E-state index in [1.165, 1.54) is 0 Å². The second kappa shape index (κ2) is 3.83. The molecule has 0 aliphatic rings. The van der Waals surface area contributed by atoms with E-state index in [1.54, 1.807) is 0 Å². The molecule has 0 heterocycles. The van der Waals surface area contributed by atoms with Gasteiger partial charge in [0, 0.05) is 0 Å². The van der Waals surface area contributed by atoms with Crippen molar-refractivity contribution in [2.75, 3.05) is 0 Å². The smallest absolute Gasteiger partial charge is 0.253 e. The molecule has 0 spiro atoms. The Hall–Kier alpha value is -2.66. The Bertz CT molecular complexity index is 288. The predicted molar refractivity (Wildman–Crippen MR) is 35.0 cm³/mol. The van der Waals surface area contributed by atoms with Crippen LogP contribution < -0.4 is 0 Å². The first kappa shape index (κ1) is 11.3. The molecular weight excluding hydrogens is 208 g/mol. The molecule has 0 saturated heterocycles. The molecule has 0 saturated carbocycles. The number of nitro groups is 4. The van der Waals surface area contributed by atoms with E-state index in [0.717, 1.165) is 0 Å². The molecule has 0 aliphatic carbocycles. The predicted octanol–water partition coefficient (Wildman–Crippen LogP) is -0.780. The van der Waals surface area contributed by atoms with E-state index >= 15 is 0 Å². The summed E-state index contributed by atoms with van der Waals surface area (Å²) in [6.07, 6.45) is 0. The van der Waals surface area contributed by atoms with E-state index in [-0.39, 0.29) is 0 Å². The van der Waals surface area contributed by atoms with E-state index in [9.17, 15) is 40.5 Å². The average Bonchev–Trinajstić information content (AvgIpc) is 1.96. The molecule has 0 atom stereocenters. The van der Waals surface area contributed by atoms with Crippen molar-refractivity contribution >= 4 is 0 Å². The maximum atomic E-state index is 9.89. The van der Waals surface area contributed by atoms with Crippen LogP contribution in [-0.4, -0.2) is 19.7 Å². The van der Waals surface area contributed by atoms with Gasteiger partial charge in [0.1, 0.15) is 19.7 Å². The summed E-state index contributed by atoms with van der Waals surface area (Å²) < 4.78 is 0. The zero-order valence-corrected chi connectivity index (χ0v) is 6.05. The van der Waals surface area contributed by atoms with Gasteiger partial charge in [-0.2, -0.15) is 0 Å². The second-order valence-electron chi connectivity index (χ2n) is 1.68. The van der Waals surface area contributed by atoms with Gasteiger partial charge in [-0.05, 0) is 0 Å². The minimum atomic E-state index is -2.28. The molecule has 0 aromatic rings. The summed E-state index contributed by atoms with van der Waals surface area (Å²) in [5, 5.41) is 39.6. The summed E-state index contributed by atoms with van der Waals surface area (Å²) in [6, 6.07) is 0. The molecule has 0 rings (SSSR count). The van der Waals surface area contributed by atoms with Crippen LogP contribution in [-0.2, 0) is 0 Å². The summed E-state index contributed by atoms with van der Waals surface area (Å²) >= 11 is 0. The largest absolute Gasteiger partial charge is 0.715 e. The van der Waals surface area contributed by atoms with Gasteiger partial charge in [0.15, 0.2) is 0 Å². The van der Waals surface area contributed by atoms with Crippen molar-refractivity contribution in [2.24, 2.45) is 0 Å². The summed E-state index contributed by atoms with van der Waals surface area (Å²) in [4.78, 5) is 32.3. The molecule has 14 heavy (non-hydrogen) atoms. The zero-order chi connectivity index (χ0) is 11.5. The monoisotopic (exact) mass is 208 g/mol. The normalized spacial score (nSPS) is 8.86. The van der Waals surface area contributed by atoms with Gasteiger partial charge in [-0.15, -0.1) is 0 Å². The fraction of sp³-hybridized carbons (Fsp3) is 0. The van der Waals surface area contributed by atoms with Crippen molar-refractivity contribution in [1.29, 1.82) is 0 Å². The standard InChI is InChI=1S/C2N4O8/c7-3(8)1(4(9)10)2(5(11)12)6(13)14. The third kappa shape index (κ3) is 2.16. The molecule has 0 aromatic heterocycles. The minimum Gasteiger partial charge on any atom is -0.253 e.